The number of fused-ring (bicyclic) bond motifs is 1. The van der Waals surface area contributed by atoms with Crippen LogP contribution in [0.4, 0.5) is 0 Å². The van der Waals surface area contributed by atoms with E-state index in [0.29, 0.717) is 5.39 Å². The van der Waals surface area contributed by atoms with Crippen LogP contribution in [0.3, 0.4) is 0 Å². The van der Waals surface area contributed by atoms with Crippen molar-refractivity contribution in [3.8, 4) is 0 Å². The van der Waals surface area contributed by atoms with E-state index in [9.17, 15) is 18.5 Å². The van der Waals surface area contributed by atoms with E-state index in [0.717, 1.165) is 16.0 Å². The first-order valence-electron chi connectivity index (χ1n) is 4.06. The molecule has 0 N–H and O–H groups in total. The zero-order chi connectivity index (χ0) is 11.8. The molecule has 1 aromatic carbocycles. The van der Waals surface area contributed by atoms with Gasteiger partial charge in [-0.25, -0.2) is 0 Å². The predicted molar refractivity (Wildman–Crippen MR) is 57.1 cm³/mol. The van der Waals surface area contributed by atoms with Crippen molar-refractivity contribution in [2.45, 2.75) is 4.21 Å². The van der Waals surface area contributed by atoms with Crippen LogP contribution in [0.25, 0.3) is 10.1 Å². The third-order valence-corrected chi connectivity index (χ3v) is 4.51. The summed E-state index contributed by atoms with van der Waals surface area (Å²) >= 11 is 0.929. The van der Waals surface area contributed by atoms with Gasteiger partial charge < -0.3 is 0 Å². The molecule has 0 aliphatic rings. The minimum Gasteiger partial charge on any atom is -0.195 e. The molecular formula is C8H5NO5S2. The molecule has 0 radical (unpaired) electrons. The molecule has 0 bridgehead atoms. The molecule has 0 aliphatic carbocycles. The van der Waals surface area contributed by atoms with Crippen molar-refractivity contribution in [1.29, 1.82) is 0 Å². The van der Waals surface area contributed by atoms with Crippen molar-refractivity contribution in [3.05, 3.63) is 40.4 Å². The zero-order valence-corrected chi connectivity index (χ0v) is 9.32. The lowest BCUT2D eigenvalue weighted by atomic mass is 10.3. The van der Waals surface area contributed by atoms with Crippen LogP contribution in [-0.4, -0.2) is 13.5 Å². The summed E-state index contributed by atoms with van der Waals surface area (Å²) in [4.78, 5) is 10.0. The maximum atomic E-state index is 11.4. The van der Waals surface area contributed by atoms with E-state index in [1.807, 2.05) is 0 Å². The first-order valence-corrected chi connectivity index (χ1v) is 6.29. The van der Waals surface area contributed by atoms with Gasteiger partial charge in [0.05, 0.1) is 0 Å². The fourth-order valence-corrected chi connectivity index (χ4v) is 3.27. The first-order chi connectivity index (χ1) is 7.49. The molecule has 0 spiro atoms. The van der Waals surface area contributed by atoms with Crippen molar-refractivity contribution in [3.63, 3.8) is 0 Å². The summed E-state index contributed by atoms with van der Waals surface area (Å²) in [7, 11) is -4.30. The van der Waals surface area contributed by atoms with Crippen LogP contribution in [0.2, 0.25) is 0 Å². The molecule has 16 heavy (non-hydrogen) atoms. The standard InChI is InChI=1S/C8H5NO5S2/c10-9(11)14-16(12,13)8-5-6-3-1-2-4-7(6)15-8/h1-5H. The fourth-order valence-electron chi connectivity index (χ4n) is 1.20. The highest BCUT2D eigenvalue weighted by Gasteiger charge is 2.21. The predicted octanol–water partition coefficient (Wildman–Crippen LogP) is 1.80. The fraction of sp³-hybridized carbons (Fsp3) is 0. The molecule has 2 rings (SSSR count). The van der Waals surface area contributed by atoms with E-state index in [1.54, 1.807) is 24.3 Å². The third kappa shape index (κ3) is 1.97. The summed E-state index contributed by atoms with van der Waals surface area (Å²) in [5.41, 5.74) is 0. The van der Waals surface area contributed by atoms with Gasteiger partial charge in [-0.05, 0) is 17.5 Å². The SMILES string of the molecule is O=[N+]([O-])OS(=O)(=O)c1cc2ccccc2s1. The average Bonchev–Trinajstić information content (AvgIpc) is 2.59. The van der Waals surface area contributed by atoms with Gasteiger partial charge >= 0.3 is 15.2 Å². The van der Waals surface area contributed by atoms with Crippen LogP contribution in [0.5, 0.6) is 0 Å². The summed E-state index contributed by atoms with van der Waals surface area (Å²) in [6.07, 6.45) is 0. The minimum atomic E-state index is -4.30. The summed E-state index contributed by atoms with van der Waals surface area (Å²) in [5, 5.41) is 9.39. The van der Waals surface area contributed by atoms with E-state index < -0.39 is 15.2 Å². The van der Waals surface area contributed by atoms with Gasteiger partial charge in [0.2, 0.25) is 0 Å². The molecule has 2 aromatic rings. The summed E-state index contributed by atoms with van der Waals surface area (Å²) in [6, 6.07) is 8.30. The molecule has 0 amide bonds. The van der Waals surface area contributed by atoms with E-state index in [-0.39, 0.29) is 4.21 Å². The Bertz CT molecular complexity index is 612. The normalized spacial score (nSPS) is 11.5. The summed E-state index contributed by atoms with van der Waals surface area (Å²) < 4.78 is 26.9. The second-order valence-electron chi connectivity index (χ2n) is 2.86. The Hall–Kier alpha value is -1.67. The molecule has 0 aliphatic heterocycles. The van der Waals surface area contributed by atoms with Crippen LogP contribution in [0.1, 0.15) is 0 Å². The number of nitrogens with zero attached hydrogens (tertiary/aromatic N) is 1. The van der Waals surface area contributed by atoms with Crippen LogP contribution in [0.15, 0.2) is 34.5 Å². The maximum Gasteiger partial charge on any atom is 0.343 e. The minimum absolute atomic E-state index is 0.176. The molecule has 8 heteroatoms. The van der Waals surface area contributed by atoms with Gasteiger partial charge in [-0.15, -0.1) is 21.5 Å². The lowest BCUT2D eigenvalue weighted by Gasteiger charge is -1.95. The topological polar surface area (TPSA) is 86.5 Å². The van der Waals surface area contributed by atoms with E-state index in [4.69, 9.17) is 0 Å². The van der Waals surface area contributed by atoms with Gasteiger partial charge in [0.15, 0.2) is 0 Å². The van der Waals surface area contributed by atoms with Gasteiger partial charge in [0, 0.05) is 4.70 Å². The van der Waals surface area contributed by atoms with E-state index >= 15 is 0 Å². The molecule has 1 aromatic heterocycles. The van der Waals surface area contributed by atoms with Gasteiger partial charge in [-0.3, -0.25) is 0 Å². The number of rotatable bonds is 3. The molecule has 0 fully saturated rings. The molecule has 84 valence electrons. The van der Waals surface area contributed by atoms with Crippen molar-refractivity contribution < 1.29 is 17.8 Å². The smallest absolute Gasteiger partial charge is 0.195 e. The van der Waals surface area contributed by atoms with Gasteiger partial charge in [0.1, 0.15) is 4.21 Å². The van der Waals surface area contributed by atoms with E-state index in [2.05, 4.69) is 4.28 Å². The number of hydrogen-bond donors (Lipinski definition) is 0. The quantitative estimate of drug-likeness (QED) is 0.619. The summed E-state index contributed by atoms with van der Waals surface area (Å²) in [6.45, 7) is 0. The summed E-state index contributed by atoms with van der Waals surface area (Å²) in [5.74, 6) is 0. The number of thiophene rings is 1. The van der Waals surface area contributed by atoms with Crippen LogP contribution in [0, 0.1) is 10.1 Å². The molecule has 6 nitrogen and oxygen atoms in total. The molecule has 0 saturated carbocycles. The molecule has 1 heterocycles. The van der Waals surface area contributed by atoms with Gasteiger partial charge in [0.25, 0.3) is 0 Å². The van der Waals surface area contributed by atoms with Crippen molar-refractivity contribution in [2.24, 2.45) is 0 Å². The molecule has 0 saturated heterocycles. The monoisotopic (exact) mass is 259 g/mol. The molecule has 0 atom stereocenters. The first kappa shape index (κ1) is 10.8. The highest BCUT2D eigenvalue weighted by molar-refractivity contribution is 7.89. The Morgan fingerprint density at radius 2 is 2.00 bits per heavy atom. The third-order valence-electron chi connectivity index (χ3n) is 1.81. The van der Waals surface area contributed by atoms with Crippen molar-refractivity contribution in [2.75, 3.05) is 0 Å². The highest BCUT2D eigenvalue weighted by Crippen LogP contribution is 2.29. The zero-order valence-electron chi connectivity index (χ0n) is 7.69. The Kier molecular flexibility index (Phi) is 2.52. The maximum absolute atomic E-state index is 11.4. The Morgan fingerprint density at radius 1 is 1.31 bits per heavy atom. The average molecular weight is 259 g/mol. The molecule has 0 unspecified atom stereocenters. The van der Waals surface area contributed by atoms with Gasteiger partial charge in [-0.2, -0.15) is 12.7 Å². The lowest BCUT2D eigenvalue weighted by Crippen LogP contribution is -2.09. The Balaban J connectivity index is 2.52. The number of benzene rings is 1. The molecular weight excluding hydrogens is 254 g/mol. The second-order valence-corrected chi connectivity index (χ2v) is 5.69. The lowest BCUT2D eigenvalue weighted by molar-refractivity contribution is -0.711. The highest BCUT2D eigenvalue weighted by atomic mass is 32.3. The van der Waals surface area contributed by atoms with Crippen LogP contribution < -0.4 is 0 Å². The van der Waals surface area contributed by atoms with Crippen LogP contribution >= 0.6 is 11.3 Å². The van der Waals surface area contributed by atoms with E-state index in [1.165, 1.54) is 6.07 Å². The number of hydrogen-bond acceptors (Lipinski definition) is 6. The van der Waals surface area contributed by atoms with Gasteiger partial charge in [-0.1, -0.05) is 18.2 Å². The van der Waals surface area contributed by atoms with Crippen molar-refractivity contribution >= 4 is 31.5 Å². The Morgan fingerprint density at radius 3 is 2.62 bits per heavy atom. The second kappa shape index (κ2) is 3.72. The largest absolute Gasteiger partial charge is 0.343 e. The van der Waals surface area contributed by atoms with Crippen molar-refractivity contribution in [1.82, 2.24) is 0 Å². The Labute approximate surface area is 94.3 Å². The van der Waals surface area contributed by atoms with Crippen LogP contribution in [-0.2, 0) is 14.4 Å².